The second-order valence-electron chi connectivity index (χ2n) is 9.25. The fourth-order valence-corrected chi connectivity index (χ4v) is 3.55. The fraction of sp³-hybridized carbons (Fsp3) is 0.360. The van der Waals surface area contributed by atoms with E-state index >= 15 is 0 Å². The first-order valence-corrected chi connectivity index (χ1v) is 10.8. The van der Waals surface area contributed by atoms with Crippen LogP contribution in [0.1, 0.15) is 38.0 Å². The summed E-state index contributed by atoms with van der Waals surface area (Å²) in [6, 6.07) is 8.15. The van der Waals surface area contributed by atoms with Gasteiger partial charge in [-0.15, -0.1) is 0 Å². The van der Waals surface area contributed by atoms with E-state index in [0.717, 1.165) is 57.5 Å². The average molecular weight is 431 g/mol. The zero-order valence-corrected chi connectivity index (χ0v) is 19.6. The third-order valence-electron chi connectivity index (χ3n) is 5.49. The molecule has 0 atom stereocenters. The lowest BCUT2D eigenvalue weighted by atomic mass is 9.97. The predicted octanol–water partition coefficient (Wildman–Crippen LogP) is 4.79. The minimum atomic E-state index is 0.140. The molecule has 0 bridgehead atoms. The van der Waals surface area contributed by atoms with E-state index in [-0.39, 0.29) is 5.41 Å². The smallest absolute Gasteiger partial charge is 0.152 e. The summed E-state index contributed by atoms with van der Waals surface area (Å²) in [6.45, 7) is 9.36. The number of fused-ring (bicyclic) bond motifs is 1. The summed E-state index contributed by atoms with van der Waals surface area (Å²) >= 11 is 0. The van der Waals surface area contributed by atoms with E-state index in [0.29, 0.717) is 6.42 Å². The third kappa shape index (κ3) is 4.56. The van der Waals surface area contributed by atoms with Crippen molar-refractivity contribution in [2.75, 3.05) is 19.0 Å². The van der Waals surface area contributed by atoms with Crippen LogP contribution in [0.4, 0.5) is 5.82 Å². The minimum absolute atomic E-state index is 0.140. The maximum atomic E-state index is 5.70. The largest absolute Gasteiger partial charge is 0.496 e. The molecule has 0 aliphatic rings. The normalized spacial score (nSPS) is 11.7. The van der Waals surface area contributed by atoms with E-state index in [1.165, 1.54) is 0 Å². The van der Waals surface area contributed by atoms with Crippen LogP contribution in [-0.2, 0) is 13.5 Å². The predicted molar refractivity (Wildman–Crippen MR) is 128 cm³/mol. The molecular weight excluding hydrogens is 400 g/mol. The van der Waals surface area contributed by atoms with Crippen molar-refractivity contribution >= 4 is 16.7 Å². The molecule has 7 nitrogen and oxygen atoms in total. The number of hydrogen-bond donors (Lipinski definition) is 1. The number of benzene rings is 1. The lowest BCUT2D eigenvalue weighted by Gasteiger charge is -2.19. The highest BCUT2D eigenvalue weighted by atomic mass is 16.5. The molecule has 0 aliphatic heterocycles. The van der Waals surface area contributed by atoms with Gasteiger partial charge in [0.2, 0.25) is 0 Å². The number of rotatable bonds is 6. The van der Waals surface area contributed by atoms with Crippen molar-refractivity contribution in [2.24, 2.45) is 12.5 Å². The van der Waals surface area contributed by atoms with Gasteiger partial charge >= 0.3 is 0 Å². The molecule has 3 heterocycles. The molecule has 7 heteroatoms. The van der Waals surface area contributed by atoms with Crippen molar-refractivity contribution in [3.8, 4) is 17.0 Å². The minimum Gasteiger partial charge on any atom is -0.496 e. The molecule has 4 aromatic rings. The molecule has 3 aromatic heterocycles. The maximum absolute atomic E-state index is 5.70. The number of aryl methyl sites for hydroxylation is 1. The Kier molecular flexibility index (Phi) is 5.82. The van der Waals surface area contributed by atoms with Gasteiger partial charge in [-0.05, 0) is 24.5 Å². The molecule has 32 heavy (non-hydrogen) atoms. The molecule has 0 unspecified atom stereocenters. The Morgan fingerprint density at radius 3 is 2.56 bits per heavy atom. The second-order valence-corrected chi connectivity index (χ2v) is 9.25. The SMILES string of the molecule is COc1cc(-c2cnc(C)n2C)ccc1Cc1ncc2ccnc(NCC(C)(C)C)c2n1. The van der Waals surface area contributed by atoms with E-state index in [4.69, 9.17) is 9.72 Å². The van der Waals surface area contributed by atoms with E-state index in [2.05, 4.69) is 57.7 Å². The van der Waals surface area contributed by atoms with Gasteiger partial charge in [-0.25, -0.2) is 19.9 Å². The Hall–Kier alpha value is -3.48. The van der Waals surface area contributed by atoms with Crippen LogP contribution < -0.4 is 10.1 Å². The molecule has 4 rings (SSSR count). The number of anilines is 1. The quantitative estimate of drug-likeness (QED) is 0.474. The van der Waals surface area contributed by atoms with Gasteiger partial charge in [0.15, 0.2) is 5.82 Å². The van der Waals surface area contributed by atoms with Crippen LogP contribution in [0.2, 0.25) is 0 Å². The molecule has 0 saturated carbocycles. The van der Waals surface area contributed by atoms with Gasteiger partial charge in [0.25, 0.3) is 0 Å². The van der Waals surface area contributed by atoms with Crippen LogP contribution in [-0.4, -0.2) is 38.2 Å². The summed E-state index contributed by atoms with van der Waals surface area (Å²) < 4.78 is 7.77. The van der Waals surface area contributed by atoms with E-state index in [1.807, 2.05) is 38.5 Å². The van der Waals surface area contributed by atoms with Crippen molar-refractivity contribution in [3.63, 3.8) is 0 Å². The molecule has 0 amide bonds. The molecule has 1 aromatic carbocycles. The van der Waals surface area contributed by atoms with Crippen molar-refractivity contribution in [2.45, 2.75) is 34.1 Å². The molecule has 0 fully saturated rings. The van der Waals surface area contributed by atoms with Crippen LogP contribution in [0.25, 0.3) is 22.2 Å². The van der Waals surface area contributed by atoms with Crippen LogP contribution in [0.15, 0.2) is 42.9 Å². The molecular formula is C25H30N6O. The zero-order valence-electron chi connectivity index (χ0n) is 19.6. The van der Waals surface area contributed by atoms with Crippen LogP contribution in [0.3, 0.4) is 0 Å². The van der Waals surface area contributed by atoms with Crippen LogP contribution in [0.5, 0.6) is 5.75 Å². The van der Waals surface area contributed by atoms with Crippen molar-refractivity contribution in [1.82, 2.24) is 24.5 Å². The number of nitrogens with zero attached hydrogens (tertiary/aromatic N) is 5. The molecule has 0 spiro atoms. The van der Waals surface area contributed by atoms with E-state index in [9.17, 15) is 0 Å². The molecule has 0 saturated heterocycles. The molecule has 166 valence electrons. The first-order valence-electron chi connectivity index (χ1n) is 10.8. The Balaban J connectivity index is 1.64. The van der Waals surface area contributed by atoms with E-state index < -0.39 is 0 Å². The summed E-state index contributed by atoms with van der Waals surface area (Å²) in [4.78, 5) is 18.3. The van der Waals surface area contributed by atoms with Crippen molar-refractivity contribution < 1.29 is 4.74 Å². The lowest BCUT2D eigenvalue weighted by molar-refractivity contribution is 0.410. The Bertz CT molecular complexity index is 1260. The van der Waals surface area contributed by atoms with Gasteiger partial charge in [-0.1, -0.05) is 32.9 Å². The van der Waals surface area contributed by atoms with Gasteiger partial charge < -0.3 is 14.6 Å². The van der Waals surface area contributed by atoms with Gasteiger partial charge in [0.05, 0.1) is 19.0 Å². The standard InChI is InChI=1S/C25H30N6O/c1-16-27-14-20(31(16)5)17-7-8-18(21(11-17)32-6)12-22-28-13-19-9-10-26-24(23(19)30-22)29-15-25(2,3)4/h7-11,13-14H,12,15H2,1-6H3,(H,26,29). The highest BCUT2D eigenvalue weighted by molar-refractivity contribution is 5.87. The summed E-state index contributed by atoms with van der Waals surface area (Å²) in [5.74, 6) is 3.29. The Morgan fingerprint density at radius 2 is 1.88 bits per heavy atom. The number of nitrogens with one attached hydrogen (secondary N) is 1. The van der Waals surface area contributed by atoms with Gasteiger partial charge in [-0.2, -0.15) is 0 Å². The fourth-order valence-electron chi connectivity index (χ4n) is 3.55. The van der Waals surface area contributed by atoms with E-state index in [1.54, 1.807) is 13.3 Å². The topological polar surface area (TPSA) is 77.8 Å². The number of ether oxygens (including phenoxy) is 1. The molecule has 1 N–H and O–H groups in total. The van der Waals surface area contributed by atoms with Crippen LogP contribution in [0, 0.1) is 12.3 Å². The maximum Gasteiger partial charge on any atom is 0.152 e. The van der Waals surface area contributed by atoms with Gasteiger partial charge in [-0.3, -0.25) is 0 Å². The lowest BCUT2D eigenvalue weighted by Crippen LogP contribution is -2.19. The second kappa shape index (κ2) is 8.57. The number of methoxy groups -OCH3 is 1. The number of imidazole rings is 1. The average Bonchev–Trinajstić information content (AvgIpc) is 3.10. The number of aromatic nitrogens is 5. The Morgan fingerprint density at radius 1 is 1.06 bits per heavy atom. The van der Waals surface area contributed by atoms with Gasteiger partial charge in [0.1, 0.15) is 22.9 Å². The summed E-state index contributed by atoms with van der Waals surface area (Å²) in [7, 11) is 3.71. The van der Waals surface area contributed by atoms with Gasteiger partial charge in [0, 0.05) is 48.9 Å². The molecule has 0 aliphatic carbocycles. The summed E-state index contributed by atoms with van der Waals surface area (Å²) in [5, 5.41) is 4.41. The monoisotopic (exact) mass is 430 g/mol. The van der Waals surface area contributed by atoms with Crippen LogP contribution >= 0.6 is 0 Å². The third-order valence-corrected chi connectivity index (χ3v) is 5.49. The Labute approximate surface area is 188 Å². The summed E-state index contributed by atoms with van der Waals surface area (Å²) in [6.07, 6.45) is 6.10. The first-order chi connectivity index (χ1) is 15.2. The highest BCUT2D eigenvalue weighted by Crippen LogP contribution is 2.29. The number of hydrogen-bond acceptors (Lipinski definition) is 6. The van der Waals surface area contributed by atoms with Crippen molar-refractivity contribution in [1.29, 1.82) is 0 Å². The number of pyridine rings is 1. The van der Waals surface area contributed by atoms with Crippen molar-refractivity contribution in [3.05, 3.63) is 60.1 Å². The molecule has 0 radical (unpaired) electrons. The summed E-state index contributed by atoms with van der Waals surface area (Å²) in [5.41, 5.74) is 4.12. The highest BCUT2D eigenvalue weighted by Gasteiger charge is 2.14. The first kappa shape index (κ1) is 21.7. The zero-order chi connectivity index (χ0) is 22.9.